The molecule has 1 aliphatic rings. The van der Waals surface area contributed by atoms with Gasteiger partial charge in [-0.05, 0) is 6.42 Å². The van der Waals surface area contributed by atoms with Gasteiger partial charge in [-0.25, -0.2) is 9.78 Å². The van der Waals surface area contributed by atoms with E-state index in [1.54, 1.807) is 17.9 Å². The average Bonchev–Trinajstić information content (AvgIpc) is 2.66. The number of aromatic carboxylic acids is 1. The van der Waals surface area contributed by atoms with Crippen molar-refractivity contribution in [3.05, 3.63) is 18.0 Å². The largest absolute Gasteiger partial charge is 0.478 e. The number of carboxylic acids is 1. The summed E-state index contributed by atoms with van der Waals surface area (Å²) in [4.78, 5) is 17.7. The van der Waals surface area contributed by atoms with Crippen LogP contribution in [-0.4, -0.2) is 52.1 Å². The quantitative estimate of drug-likeness (QED) is 0.877. The molecule has 0 bridgehead atoms. The smallest absolute Gasteiger partial charge is 0.339 e. The highest BCUT2D eigenvalue weighted by atomic mass is 16.5. The summed E-state index contributed by atoms with van der Waals surface area (Å²) in [7, 11) is 1.80. The van der Waals surface area contributed by atoms with E-state index in [0.29, 0.717) is 31.1 Å². The van der Waals surface area contributed by atoms with Crippen LogP contribution in [0.2, 0.25) is 0 Å². The molecule has 0 unspecified atom stereocenters. The Morgan fingerprint density at radius 1 is 1.35 bits per heavy atom. The molecule has 106 valence electrons. The molecule has 0 amide bonds. The standard InChI is InChI=1S/C13H16N4O3/c1-16-12-9(8-15-16)11(10(7-14-12)13(18)19)17-3-2-5-20-6-4-17/h7-8H,2-6H2,1H3,(H,18,19). The van der Waals surface area contributed by atoms with Gasteiger partial charge in [0.25, 0.3) is 0 Å². The summed E-state index contributed by atoms with van der Waals surface area (Å²) in [5.74, 6) is -0.969. The fourth-order valence-corrected chi connectivity index (χ4v) is 2.55. The molecule has 3 heterocycles. The molecule has 2 aromatic heterocycles. The van der Waals surface area contributed by atoms with Crippen LogP contribution >= 0.6 is 0 Å². The van der Waals surface area contributed by atoms with Crippen LogP contribution in [0, 0.1) is 0 Å². The van der Waals surface area contributed by atoms with Crippen LogP contribution in [0.3, 0.4) is 0 Å². The summed E-state index contributed by atoms with van der Waals surface area (Å²) >= 11 is 0. The summed E-state index contributed by atoms with van der Waals surface area (Å²) < 4.78 is 7.09. The first kappa shape index (κ1) is 12.9. The van der Waals surface area contributed by atoms with Gasteiger partial charge in [-0.3, -0.25) is 4.68 Å². The Kier molecular flexibility index (Phi) is 3.27. The van der Waals surface area contributed by atoms with Gasteiger partial charge in [0.2, 0.25) is 0 Å². The fourth-order valence-electron chi connectivity index (χ4n) is 2.55. The normalized spacial score (nSPS) is 16.4. The Morgan fingerprint density at radius 3 is 3.00 bits per heavy atom. The number of hydrogen-bond acceptors (Lipinski definition) is 5. The third-order valence-electron chi connectivity index (χ3n) is 3.50. The van der Waals surface area contributed by atoms with Crippen LogP contribution in [0.25, 0.3) is 11.0 Å². The zero-order valence-corrected chi connectivity index (χ0v) is 11.2. The number of anilines is 1. The maximum atomic E-state index is 11.5. The van der Waals surface area contributed by atoms with Crippen LogP contribution in [0.1, 0.15) is 16.8 Å². The van der Waals surface area contributed by atoms with Crippen LogP contribution in [0.4, 0.5) is 5.69 Å². The van der Waals surface area contributed by atoms with E-state index in [2.05, 4.69) is 15.0 Å². The van der Waals surface area contributed by atoms with E-state index >= 15 is 0 Å². The molecule has 1 fully saturated rings. The predicted octanol–water partition coefficient (Wildman–Crippen LogP) is 0.893. The maximum Gasteiger partial charge on any atom is 0.339 e. The monoisotopic (exact) mass is 276 g/mol. The zero-order valence-electron chi connectivity index (χ0n) is 11.2. The molecule has 7 nitrogen and oxygen atoms in total. The van der Waals surface area contributed by atoms with Crippen molar-refractivity contribution in [2.45, 2.75) is 6.42 Å². The Bertz CT molecular complexity index is 644. The molecule has 0 aromatic carbocycles. The van der Waals surface area contributed by atoms with Crippen LogP contribution in [-0.2, 0) is 11.8 Å². The topological polar surface area (TPSA) is 80.5 Å². The van der Waals surface area contributed by atoms with E-state index in [0.717, 1.165) is 18.4 Å². The molecule has 2 aromatic rings. The van der Waals surface area contributed by atoms with E-state index in [1.807, 2.05) is 0 Å². The molecule has 0 atom stereocenters. The number of carbonyl (C=O) groups is 1. The van der Waals surface area contributed by atoms with Gasteiger partial charge in [-0.15, -0.1) is 0 Å². The number of aryl methyl sites for hydroxylation is 1. The first-order valence-electron chi connectivity index (χ1n) is 6.55. The molecular weight excluding hydrogens is 260 g/mol. The SMILES string of the molecule is Cn1ncc2c(N3CCCOCC3)c(C(=O)O)cnc21. The minimum atomic E-state index is -0.969. The molecule has 20 heavy (non-hydrogen) atoms. The summed E-state index contributed by atoms with van der Waals surface area (Å²) in [5, 5.41) is 14.4. The molecule has 0 radical (unpaired) electrons. The number of ether oxygens (including phenoxy) is 1. The summed E-state index contributed by atoms with van der Waals surface area (Å²) in [6.07, 6.45) is 3.96. The maximum absolute atomic E-state index is 11.5. The lowest BCUT2D eigenvalue weighted by molar-refractivity contribution is 0.0697. The van der Waals surface area contributed by atoms with Crippen LogP contribution in [0.5, 0.6) is 0 Å². The second-order valence-electron chi connectivity index (χ2n) is 4.78. The van der Waals surface area contributed by atoms with Crippen molar-refractivity contribution >= 4 is 22.7 Å². The van der Waals surface area contributed by atoms with Crippen molar-refractivity contribution in [3.8, 4) is 0 Å². The molecule has 0 spiro atoms. The number of carboxylic acid groups (broad SMARTS) is 1. The second kappa shape index (κ2) is 5.09. The number of rotatable bonds is 2. The molecular formula is C13H16N4O3. The van der Waals surface area contributed by atoms with Crippen molar-refractivity contribution < 1.29 is 14.6 Å². The summed E-state index contributed by atoms with van der Waals surface area (Å²) in [6, 6.07) is 0. The first-order chi connectivity index (χ1) is 9.68. The van der Waals surface area contributed by atoms with Crippen LogP contribution in [0.15, 0.2) is 12.4 Å². The lowest BCUT2D eigenvalue weighted by Gasteiger charge is -2.24. The minimum Gasteiger partial charge on any atom is -0.478 e. The number of pyridine rings is 1. The molecule has 1 N–H and O–H groups in total. The van der Waals surface area contributed by atoms with E-state index in [1.165, 1.54) is 6.20 Å². The summed E-state index contributed by atoms with van der Waals surface area (Å²) in [6.45, 7) is 2.76. The summed E-state index contributed by atoms with van der Waals surface area (Å²) in [5.41, 5.74) is 1.60. The van der Waals surface area contributed by atoms with Crippen molar-refractivity contribution in [2.75, 3.05) is 31.2 Å². The van der Waals surface area contributed by atoms with E-state index in [4.69, 9.17) is 4.74 Å². The van der Waals surface area contributed by atoms with Gasteiger partial charge < -0.3 is 14.7 Å². The minimum absolute atomic E-state index is 0.215. The Hall–Kier alpha value is -2.15. The Balaban J connectivity index is 2.18. The number of fused-ring (bicyclic) bond motifs is 1. The average molecular weight is 276 g/mol. The highest BCUT2D eigenvalue weighted by Gasteiger charge is 2.22. The molecule has 0 saturated carbocycles. The van der Waals surface area contributed by atoms with Gasteiger partial charge in [0, 0.05) is 32.9 Å². The lowest BCUT2D eigenvalue weighted by atomic mass is 10.1. The molecule has 1 saturated heterocycles. The van der Waals surface area contributed by atoms with Crippen LogP contribution < -0.4 is 4.90 Å². The highest BCUT2D eigenvalue weighted by Crippen LogP contribution is 2.30. The van der Waals surface area contributed by atoms with Gasteiger partial charge in [-0.2, -0.15) is 5.10 Å². The van der Waals surface area contributed by atoms with Crippen molar-refractivity contribution in [1.82, 2.24) is 14.8 Å². The van der Waals surface area contributed by atoms with Gasteiger partial charge in [0.1, 0.15) is 5.56 Å². The third kappa shape index (κ3) is 2.09. The second-order valence-corrected chi connectivity index (χ2v) is 4.78. The van der Waals surface area contributed by atoms with E-state index in [9.17, 15) is 9.90 Å². The number of aromatic nitrogens is 3. The Morgan fingerprint density at radius 2 is 2.20 bits per heavy atom. The van der Waals surface area contributed by atoms with Gasteiger partial charge in [0.05, 0.1) is 23.9 Å². The lowest BCUT2D eigenvalue weighted by Crippen LogP contribution is -2.28. The number of nitrogens with zero attached hydrogens (tertiary/aromatic N) is 4. The van der Waals surface area contributed by atoms with Gasteiger partial charge in [0.15, 0.2) is 5.65 Å². The van der Waals surface area contributed by atoms with Gasteiger partial charge in [-0.1, -0.05) is 0 Å². The van der Waals surface area contributed by atoms with E-state index in [-0.39, 0.29) is 5.56 Å². The predicted molar refractivity (Wildman–Crippen MR) is 73.1 cm³/mol. The first-order valence-corrected chi connectivity index (χ1v) is 6.55. The van der Waals surface area contributed by atoms with Crippen molar-refractivity contribution in [3.63, 3.8) is 0 Å². The fraction of sp³-hybridized carbons (Fsp3) is 0.462. The molecule has 0 aliphatic carbocycles. The molecule has 7 heteroatoms. The van der Waals surface area contributed by atoms with E-state index < -0.39 is 5.97 Å². The van der Waals surface area contributed by atoms with Crippen molar-refractivity contribution in [1.29, 1.82) is 0 Å². The number of hydrogen-bond donors (Lipinski definition) is 1. The molecule has 3 rings (SSSR count). The third-order valence-corrected chi connectivity index (χ3v) is 3.50. The van der Waals surface area contributed by atoms with Gasteiger partial charge >= 0.3 is 5.97 Å². The zero-order chi connectivity index (χ0) is 14.1. The highest BCUT2D eigenvalue weighted by molar-refractivity contribution is 6.03. The Labute approximate surface area is 115 Å². The van der Waals surface area contributed by atoms with Crippen molar-refractivity contribution in [2.24, 2.45) is 7.05 Å². The molecule has 1 aliphatic heterocycles.